The summed E-state index contributed by atoms with van der Waals surface area (Å²) < 4.78 is 30.8. The third kappa shape index (κ3) is 4.97. The largest absolute Gasteiger partial charge is 0.455 e. The first kappa shape index (κ1) is 23.5. The number of fused-ring (bicyclic) bond motifs is 1. The molecule has 1 aliphatic carbocycles. The second-order valence-corrected chi connectivity index (χ2v) is 9.69. The first-order chi connectivity index (χ1) is 16.3. The van der Waals surface area contributed by atoms with Gasteiger partial charge in [0.1, 0.15) is 5.76 Å². The van der Waals surface area contributed by atoms with E-state index in [1.807, 2.05) is 0 Å². The van der Waals surface area contributed by atoms with Crippen LogP contribution in [-0.2, 0) is 16.4 Å². The van der Waals surface area contributed by atoms with Gasteiger partial charge in [-0.05, 0) is 50.1 Å². The number of nitrogens with zero attached hydrogens (tertiary/aromatic N) is 1. The van der Waals surface area contributed by atoms with E-state index in [1.54, 1.807) is 43.3 Å². The maximum absolute atomic E-state index is 12.7. The number of halogens is 1. The van der Waals surface area contributed by atoms with Gasteiger partial charge in [-0.1, -0.05) is 35.9 Å². The highest BCUT2D eigenvalue weighted by Crippen LogP contribution is 2.30. The molecule has 1 aromatic heterocycles. The predicted molar refractivity (Wildman–Crippen MR) is 126 cm³/mol. The Hall–Kier alpha value is -3.63. The fourth-order valence-corrected chi connectivity index (χ4v) is 4.68. The summed E-state index contributed by atoms with van der Waals surface area (Å²) >= 11 is 5.89. The fourth-order valence-electron chi connectivity index (χ4n) is 3.64. The topological polar surface area (TPSA) is 130 Å². The molecule has 2 amide bonds. The van der Waals surface area contributed by atoms with Crippen LogP contribution in [0.15, 0.2) is 69.0 Å². The average Bonchev–Trinajstić information content (AvgIpc) is 3.18. The zero-order valence-electron chi connectivity index (χ0n) is 18.1. The molecule has 4 rings (SSSR count). The number of benzene rings is 2. The van der Waals surface area contributed by atoms with E-state index < -0.39 is 21.8 Å². The third-order valence-electron chi connectivity index (χ3n) is 5.26. The first-order valence-corrected chi connectivity index (χ1v) is 12.2. The number of hydrazine groups is 1. The van der Waals surface area contributed by atoms with E-state index in [9.17, 15) is 18.0 Å². The van der Waals surface area contributed by atoms with Crippen LogP contribution in [-0.4, -0.2) is 25.9 Å². The molecule has 11 heteroatoms. The Kier molecular flexibility index (Phi) is 6.71. The van der Waals surface area contributed by atoms with Crippen LogP contribution in [0.1, 0.15) is 50.6 Å². The van der Waals surface area contributed by atoms with Gasteiger partial charge in [-0.3, -0.25) is 20.4 Å². The normalized spacial score (nSPS) is 14.4. The van der Waals surface area contributed by atoms with Crippen LogP contribution in [0.5, 0.6) is 0 Å². The van der Waals surface area contributed by atoms with E-state index in [0.29, 0.717) is 46.9 Å². The van der Waals surface area contributed by atoms with Gasteiger partial charge in [0, 0.05) is 28.1 Å². The first-order valence-electron chi connectivity index (χ1n) is 10.4. The van der Waals surface area contributed by atoms with Crippen molar-refractivity contribution in [1.29, 1.82) is 0 Å². The average molecular weight is 501 g/mol. The SMILES string of the molecule is Cc1c(C(=O)NNC(=O)c2cccc(Cl)c2)oc2c1/C(=N/NS(=O)(=O)c1ccccc1)CCC2. The van der Waals surface area contributed by atoms with Crippen molar-refractivity contribution in [3.63, 3.8) is 0 Å². The lowest BCUT2D eigenvalue weighted by atomic mass is 9.93. The number of rotatable bonds is 5. The molecule has 2 aromatic carbocycles. The predicted octanol–water partition coefficient (Wildman–Crippen LogP) is 3.34. The van der Waals surface area contributed by atoms with Crippen LogP contribution in [0.25, 0.3) is 0 Å². The standard InChI is InChI=1S/C23H21ClN4O5S/c1-14-20-18(25-28-34(31,32)17-9-3-2-4-10-17)11-6-12-19(20)33-21(14)23(30)27-26-22(29)15-7-5-8-16(24)13-15/h2-5,7-10,13,28H,6,11-12H2,1H3,(H,26,29)(H,27,30)/b25-18+. The van der Waals surface area contributed by atoms with E-state index in [0.717, 1.165) is 0 Å². The molecule has 1 aliphatic rings. The Labute approximate surface area is 201 Å². The zero-order valence-corrected chi connectivity index (χ0v) is 19.7. The van der Waals surface area contributed by atoms with Crippen molar-refractivity contribution in [3.8, 4) is 0 Å². The molecular formula is C23H21ClN4O5S. The molecule has 1 heterocycles. The van der Waals surface area contributed by atoms with Crippen LogP contribution in [0, 0.1) is 6.92 Å². The van der Waals surface area contributed by atoms with Crippen molar-refractivity contribution in [3.05, 3.63) is 87.8 Å². The maximum Gasteiger partial charge on any atom is 0.305 e. The minimum Gasteiger partial charge on any atom is -0.455 e. The van der Waals surface area contributed by atoms with Crippen LogP contribution >= 0.6 is 11.6 Å². The number of carbonyl (C=O) groups is 2. The van der Waals surface area contributed by atoms with Gasteiger partial charge in [0.15, 0.2) is 5.76 Å². The van der Waals surface area contributed by atoms with E-state index in [-0.39, 0.29) is 16.2 Å². The smallest absolute Gasteiger partial charge is 0.305 e. The third-order valence-corrected chi connectivity index (χ3v) is 6.72. The Morgan fingerprint density at radius 1 is 1.00 bits per heavy atom. The van der Waals surface area contributed by atoms with E-state index in [1.165, 1.54) is 18.2 Å². The molecule has 176 valence electrons. The second kappa shape index (κ2) is 9.70. The minimum absolute atomic E-state index is 0.0110. The summed E-state index contributed by atoms with van der Waals surface area (Å²) in [4.78, 5) is 27.3. The molecular weight excluding hydrogens is 480 g/mol. The molecule has 0 spiro atoms. The van der Waals surface area contributed by atoms with Gasteiger partial charge < -0.3 is 4.42 Å². The van der Waals surface area contributed by atoms with Gasteiger partial charge in [-0.25, -0.2) is 0 Å². The van der Waals surface area contributed by atoms with Crippen LogP contribution in [0.3, 0.4) is 0 Å². The Morgan fingerprint density at radius 2 is 1.74 bits per heavy atom. The molecule has 3 N–H and O–H groups in total. The quantitative estimate of drug-likeness (QED) is 0.462. The number of furan rings is 1. The summed E-state index contributed by atoms with van der Waals surface area (Å²) in [6.45, 7) is 1.68. The van der Waals surface area contributed by atoms with Gasteiger partial charge in [-0.2, -0.15) is 18.4 Å². The minimum atomic E-state index is -3.84. The number of hydrazone groups is 1. The molecule has 3 aromatic rings. The molecule has 0 radical (unpaired) electrons. The molecule has 0 unspecified atom stereocenters. The highest BCUT2D eigenvalue weighted by Gasteiger charge is 2.28. The second-order valence-electron chi connectivity index (χ2n) is 7.59. The summed E-state index contributed by atoms with van der Waals surface area (Å²) in [6, 6.07) is 14.2. The molecule has 34 heavy (non-hydrogen) atoms. The van der Waals surface area contributed by atoms with Crippen LogP contribution < -0.4 is 15.7 Å². The van der Waals surface area contributed by atoms with Crippen LogP contribution in [0.4, 0.5) is 0 Å². The molecule has 0 saturated heterocycles. The Morgan fingerprint density at radius 3 is 2.47 bits per heavy atom. The fraction of sp³-hybridized carbons (Fsp3) is 0.174. The number of amides is 2. The summed E-state index contributed by atoms with van der Waals surface area (Å²) in [7, 11) is -3.84. The molecule has 9 nitrogen and oxygen atoms in total. The van der Waals surface area contributed by atoms with Crippen molar-refractivity contribution in [2.24, 2.45) is 5.10 Å². The molecule has 0 atom stereocenters. The zero-order chi connectivity index (χ0) is 24.3. The highest BCUT2D eigenvalue weighted by molar-refractivity contribution is 7.89. The summed E-state index contributed by atoms with van der Waals surface area (Å²) in [5.74, 6) is -0.640. The van der Waals surface area contributed by atoms with Gasteiger partial charge in [-0.15, -0.1) is 0 Å². The van der Waals surface area contributed by atoms with E-state index in [4.69, 9.17) is 16.0 Å². The van der Waals surface area contributed by atoms with Gasteiger partial charge in [0.25, 0.3) is 15.9 Å². The lowest BCUT2D eigenvalue weighted by Crippen LogP contribution is -2.41. The molecule has 0 saturated carbocycles. The molecule has 0 bridgehead atoms. The van der Waals surface area contributed by atoms with Crippen LogP contribution in [0.2, 0.25) is 5.02 Å². The Balaban J connectivity index is 1.51. The number of carbonyl (C=O) groups excluding carboxylic acids is 2. The van der Waals surface area contributed by atoms with Crippen molar-refractivity contribution >= 4 is 39.2 Å². The van der Waals surface area contributed by atoms with Crippen molar-refractivity contribution in [2.45, 2.75) is 31.1 Å². The van der Waals surface area contributed by atoms with Gasteiger partial charge in [0.2, 0.25) is 0 Å². The molecule has 0 aliphatic heterocycles. The summed E-state index contributed by atoms with van der Waals surface area (Å²) in [5, 5.41) is 4.52. The Bertz CT molecular complexity index is 1380. The summed E-state index contributed by atoms with van der Waals surface area (Å²) in [6.07, 6.45) is 1.76. The number of hydrogen-bond donors (Lipinski definition) is 3. The number of aryl methyl sites for hydroxylation is 1. The molecule has 0 fully saturated rings. The van der Waals surface area contributed by atoms with Crippen molar-refractivity contribution < 1.29 is 22.4 Å². The summed E-state index contributed by atoms with van der Waals surface area (Å²) in [5.41, 5.74) is 6.51. The highest BCUT2D eigenvalue weighted by atomic mass is 35.5. The maximum atomic E-state index is 12.7. The van der Waals surface area contributed by atoms with E-state index in [2.05, 4.69) is 20.8 Å². The van der Waals surface area contributed by atoms with Gasteiger partial charge in [0.05, 0.1) is 10.6 Å². The number of hydrogen-bond acceptors (Lipinski definition) is 6. The number of nitrogens with one attached hydrogen (secondary N) is 3. The van der Waals surface area contributed by atoms with Crippen molar-refractivity contribution in [1.82, 2.24) is 15.7 Å². The lowest BCUT2D eigenvalue weighted by Gasteiger charge is -2.14. The lowest BCUT2D eigenvalue weighted by molar-refractivity contribution is 0.0829. The van der Waals surface area contributed by atoms with E-state index >= 15 is 0 Å². The van der Waals surface area contributed by atoms with Gasteiger partial charge >= 0.3 is 5.91 Å². The number of sulfonamides is 1. The van der Waals surface area contributed by atoms with Crippen molar-refractivity contribution in [2.75, 3.05) is 0 Å². The monoisotopic (exact) mass is 500 g/mol.